The van der Waals surface area contributed by atoms with E-state index >= 15 is 0 Å². The van der Waals surface area contributed by atoms with Crippen molar-refractivity contribution in [3.63, 3.8) is 0 Å². The molecule has 3 rings (SSSR count). The van der Waals surface area contributed by atoms with Gasteiger partial charge >= 0.3 is 12.3 Å². The van der Waals surface area contributed by atoms with E-state index in [1.54, 1.807) is 0 Å². The number of carboxylic acid groups (broad SMARTS) is 1. The molecule has 0 fully saturated rings. The van der Waals surface area contributed by atoms with Gasteiger partial charge in [-0.15, -0.1) is 0 Å². The topological polar surface area (TPSA) is 122 Å². The van der Waals surface area contributed by atoms with E-state index in [0.717, 1.165) is 12.1 Å². The van der Waals surface area contributed by atoms with Crippen molar-refractivity contribution >= 4 is 45.0 Å². The Morgan fingerprint density at radius 3 is 2.41 bits per heavy atom. The number of carbonyl (C=O) groups is 2. The van der Waals surface area contributed by atoms with Gasteiger partial charge in [0.25, 0.3) is 5.91 Å². The zero-order chi connectivity index (χ0) is 28.7. The molecule has 2 amide bonds. The summed E-state index contributed by atoms with van der Waals surface area (Å²) in [5.41, 5.74) is -2.24. The van der Waals surface area contributed by atoms with Gasteiger partial charge in [0, 0.05) is 23.9 Å². The zero-order valence-electron chi connectivity index (χ0n) is 20.0. The van der Waals surface area contributed by atoms with E-state index in [9.17, 15) is 31.5 Å². The Morgan fingerprint density at radius 2 is 1.77 bits per heavy atom. The first-order valence-electron chi connectivity index (χ1n) is 10.9. The van der Waals surface area contributed by atoms with Crippen molar-refractivity contribution in [2.75, 3.05) is 30.9 Å². The average molecular weight is 619 g/mol. The lowest BCUT2D eigenvalue weighted by molar-refractivity contribution is -0.139. The molecule has 0 radical (unpaired) electrons. The number of methoxy groups -OCH3 is 1. The largest absolute Gasteiger partial charge is 0.481 e. The van der Waals surface area contributed by atoms with Crippen molar-refractivity contribution in [3.05, 3.63) is 75.4 Å². The summed E-state index contributed by atoms with van der Waals surface area (Å²) in [5.74, 6) is -3.13. The van der Waals surface area contributed by atoms with Gasteiger partial charge in [0.05, 0.1) is 42.8 Å². The molecule has 0 bridgehead atoms. The molecule has 15 heteroatoms. The van der Waals surface area contributed by atoms with Crippen LogP contribution >= 0.6 is 15.9 Å². The van der Waals surface area contributed by atoms with Crippen molar-refractivity contribution in [1.82, 2.24) is 10.3 Å². The first kappa shape index (κ1) is 29.6. The summed E-state index contributed by atoms with van der Waals surface area (Å²) in [6, 6.07) is 6.96. The zero-order valence-corrected chi connectivity index (χ0v) is 21.5. The standard InChI is InChI=1S/C24H20BrF5N4O5/c1-38-20-5-4-18(21(25)34-20)33-22(35)14-9-16(27)15(24(28,29)30)10-19(14)32-17-3-2-13(26)8-12(17)11-39-7-6-31-23(36)37/h2-5,8-10,31-32H,6-7,11H2,1H3,(H,33,35)(H,36,37). The number of hydrogen-bond acceptors (Lipinski definition) is 6. The van der Waals surface area contributed by atoms with E-state index in [0.29, 0.717) is 12.1 Å². The Kier molecular flexibility index (Phi) is 9.64. The number of carbonyl (C=O) groups excluding carboxylic acids is 1. The van der Waals surface area contributed by atoms with Crippen LogP contribution in [0.25, 0.3) is 0 Å². The average Bonchev–Trinajstić information content (AvgIpc) is 2.86. The maximum absolute atomic E-state index is 14.5. The number of anilines is 3. The van der Waals surface area contributed by atoms with Gasteiger partial charge < -0.3 is 30.5 Å². The molecule has 0 saturated heterocycles. The maximum Gasteiger partial charge on any atom is 0.419 e. The van der Waals surface area contributed by atoms with Crippen molar-refractivity contribution in [2.24, 2.45) is 0 Å². The smallest absolute Gasteiger partial charge is 0.419 e. The molecule has 3 aromatic rings. The van der Waals surface area contributed by atoms with E-state index in [1.807, 2.05) is 0 Å². The van der Waals surface area contributed by atoms with Crippen LogP contribution in [-0.2, 0) is 17.5 Å². The third-order valence-electron chi connectivity index (χ3n) is 5.05. The SMILES string of the molecule is COc1ccc(NC(=O)c2cc(F)c(C(F)(F)F)cc2Nc2ccc(F)cc2COCCNC(=O)O)c(Br)n1. The number of amides is 2. The molecule has 4 N–H and O–H groups in total. The minimum atomic E-state index is -5.08. The molecule has 0 unspecified atom stereocenters. The number of nitrogens with one attached hydrogen (secondary N) is 3. The molecule has 9 nitrogen and oxygen atoms in total. The summed E-state index contributed by atoms with van der Waals surface area (Å²) in [6.45, 7) is -0.420. The predicted octanol–water partition coefficient (Wildman–Crippen LogP) is 5.93. The second-order valence-corrected chi connectivity index (χ2v) is 8.48. The lowest BCUT2D eigenvalue weighted by Gasteiger charge is -2.18. The van der Waals surface area contributed by atoms with Crippen LogP contribution in [0.3, 0.4) is 0 Å². The summed E-state index contributed by atoms with van der Waals surface area (Å²) in [7, 11) is 1.37. The molecule has 208 valence electrons. The summed E-state index contributed by atoms with van der Waals surface area (Å²) >= 11 is 3.14. The lowest BCUT2D eigenvalue weighted by atomic mass is 10.1. The Bertz CT molecular complexity index is 1370. The molecule has 0 aliphatic carbocycles. The highest BCUT2D eigenvalue weighted by Crippen LogP contribution is 2.36. The first-order chi connectivity index (χ1) is 18.4. The van der Waals surface area contributed by atoms with Crippen molar-refractivity contribution in [2.45, 2.75) is 12.8 Å². The maximum atomic E-state index is 14.5. The van der Waals surface area contributed by atoms with E-state index in [2.05, 4.69) is 36.9 Å². The van der Waals surface area contributed by atoms with E-state index in [-0.39, 0.29) is 47.2 Å². The van der Waals surface area contributed by atoms with Gasteiger partial charge in [-0.05, 0) is 52.3 Å². The molecule has 39 heavy (non-hydrogen) atoms. The fourth-order valence-electron chi connectivity index (χ4n) is 3.26. The molecule has 1 aromatic heterocycles. The molecule has 0 aliphatic rings. The molecule has 0 saturated carbocycles. The minimum absolute atomic E-state index is 0.0590. The second-order valence-electron chi connectivity index (χ2n) is 7.73. The minimum Gasteiger partial charge on any atom is -0.481 e. The van der Waals surface area contributed by atoms with Crippen LogP contribution in [0.4, 0.5) is 43.8 Å². The number of rotatable bonds is 10. The fourth-order valence-corrected chi connectivity index (χ4v) is 3.66. The van der Waals surface area contributed by atoms with Gasteiger partial charge in [0.1, 0.15) is 16.2 Å². The van der Waals surface area contributed by atoms with Crippen LogP contribution in [0.2, 0.25) is 0 Å². The summed E-state index contributed by atoms with van der Waals surface area (Å²) in [4.78, 5) is 27.6. The van der Waals surface area contributed by atoms with Crippen molar-refractivity contribution in [1.29, 1.82) is 0 Å². The van der Waals surface area contributed by atoms with Crippen LogP contribution in [0.15, 0.2) is 47.1 Å². The first-order valence-corrected chi connectivity index (χ1v) is 11.7. The third kappa shape index (κ3) is 8.00. The molecular formula is C24H20BrF5N4O5. The van der Waals surface area contributed by atoms with Gasteiger partial charge in [0.15, 0.2) is 0 Å². The number of hydrogen-bond donors (Lipinski definition) is 4. The Balaban J connectivity index is 1.96. The molecule has 1 heterocycles. The van der Waals surface area contributed by atoms with Gasteiger partial charge in [-0.3, -0.25) is 4.79 Å². The second kappa shape index (κ2) is 12.7. The lowest BCUT2D eigenvalue weighted by Crippen LogP contribution is -2.25. The van der Waals surface area contributed by atoms with Gasteiger partial charge in [0.2, 0.25) is 5.88 Å². The number of aromatic nitrogens is 1. The summed E-state index contributed by atoms with van der Waals surface area (Å²) in [5, 5.41) is 15.7. The van der Waals surface area contributed by atoms with Gasteiger partial charge in [-0.25, -0.2) is 18.6 Å². The van der Waals surface area contributed by atoms with Gasteiger partial charge in [-0.2, -0.15) is 13.2 Å². The molecular weight excluding hydrogens is 599 g/mol. The third-order valence-corrected chi connectivity index (χ3v) is 5.66. The number of nitrogens with zero attached hydrogens (tertiary/aromatic N) is 1. The Morgan fingerprint density at radius 1 is 1.05 bits per heavy atom. The van der Waals surface area contributed by atoms with Crippen LogP contribution in [0, 0.1) is 11.6 Å². The van der Waals surface area contributed by atoms with Gasteiger partial charge in [-0.1, -0.05) is 0 Å². The highest BCUT2D eigenvalue weighted by molar-refractivity contribution is 9.10. The van der Waals surface area contributed by atoms with Crippen LogP contribution in [0.5, 0.6) is 5.88 Å². The number of pyridine rings is 1. The number of alkyl halides is 3. The number of ether oxygens (including phenoxy) is 2. The summed E-state index contributed by atoms with van der Waals surface area (Å²) < 4.78 is 79.3. The normalized spacial score (nSPS) is 11.2. The number of benzene rings is 2. The quantitative estimate of drug-likeness (QED) is 0.126. The fraction of sp³-hybridized carbons (Fsp3) is 0.208. The van der Waals surface area contributed by atoms with E-state index in [1.165, 1.54) is 25.3 Å². The van der Waals surface area contributed by atoms with Crippen molar-refractivity contribution in [3.8, 4) is 5.88 Å². The molecule has 0 aliphatic heterocycles. The predicted molar refractivity (Wildman–Crippen MR) is 133 cm³/mol. The van der Waals surface area contributed by atoms with E-state index < -0.39 is 46.6 Å². The van der Waals surface area contributed by atoms with Crippen LogP contribution in [0.1, 0.15) is 21.5 Å². The molecule has 2 aromatic carbocycles. The Hall–Kier alpha value is -3.98. The van der Waals surface area contributed by atoms with Crippen LogP contribution in [-0.4, -0.2) is 42.4 Å². The molecule has 0 spiro atoms. The Labute approximate surface area is 226 Å². The summed E-state index contributed by atoms with van der Waals surface area (Å²) in [6.07, 6.45) is -6.35. The van der Waals surface area contributed by atoms with E-state index in [4.69, 9.17) is 14.6 Å². The number of halogens is 6. The highest BCUT2D eigenvalue weighted by Gasteiger charge is 2.36. The highest BCUT2D eigenvalue weighted by atomic mass is 79.9. The molecule has 0 atom stereocenters. The van der Waals surface area contributed by atoms with Crippen molar-refractivity contribution < 1.29 is 46.1 Å². The monoisotopic (exact) mass is 618 g/mol. The van der Waals surface area contributed by atoms with Crippen LogP contribution < -0.4 is 20.7 Å².